The Kier molecular flexibility index (Phi) is 3.74. The maximum atomic E-state index is 12.0. The highest BCUT2D eigenvalue weighted by Gasteiger charge is 2.22. The molecule has 0 bridgehead atoms. The van der Waals surface area contributed by atoms with E-state index in [4.69, 9.17) is 5.73 Å². The summed E-state index contributed by atoms with van der Waals surface area (Å²) >= 11 is 4.35. The van der Waals surface area contributed by atoms with Crippen LogP contribution in [0.25, 0.3) is 11.3 Å². The van der Waals surface area contributed by atoms with Gasteiger partial charge >= 0.3 is 0 Å². The first kappa shape index (κ1) is 13.5. The van der Waals surface area contributed by atoms with Gasteiger partial charge in [-0.15, -0.1) is 0 Å². The molecule has 7 heteroatoms. The summed E-state index contributed by atoms with van der Waals surface area (Å²) in [5.41, 5.74) is 6.82. The molecule has 2 N–H and O–H groups in total. The molecule has 1 aromatic carbocycles. The van der Waals surface area contributed by atoms with Crippen LogP contribution in [-0.2, 0) is 9.84 Å². The van der Waals surface area contributed by atoms with Crippen LogP contribution in [0.2, 0.25) is 0 Å². The van der Waals surface area contributed by atoms with Crippen molar-refractivity contribution in [3.63, 3.8) is 0 Å². The third-order valence-electron chi connectivity index (χ3n) is 2.39. The van der Waals surface area contributed by atoms with Gasteiger partial charge in [-0.25, -0.2) is 13.4 Å². The Morgan fingerprint density at radius 3 is 2.50 bits per heavy atom. The van der Waals surface area contributed by atoms with Gasteiger partial charge in [-0.1, -0.05) is 46.3 Å². The molecule has 0 unspecified atom stereocenters. The highest BCUT2D eigenvalue weighted by Crippen LogP contribution is 2.34. The van der Waals surface area contributed by atoms with Crippen molar-refractivity contribution in [1.82, 2.24) is 4.98 Å². The lowest BCUT2D eigenvalue weighted by molar-refractivity contribution is 0.599. The van der Waals surface area contributed by atoms with E-state index in [1.807, 2.05) is 24.3 Å². The molecule has 4 nitrogen and oxygen atoms in total. The molecular weight excluding hydrogens is 336 g/mol. The Morgan fingerprint density at radius 2 is 1.94 bits per heavy atom. The summed E-state index contributed by atoms with van der Waals surface area (Å²) in [5, 5.41) is 0.264. The van der Waals surface area contributed by atoms with E-state index in [1.165, 1.54) is 0 Å². The topological polar surface area (TPSA) is 73.0 Å². The Labute approximate surface area is 118 Å². The average Bonchev–Trinajstić information content (AvgIpc) is 2.73. The largest absolute Gasteiger partial charge is 0.375 e. The lowest BCUT2D eigenvalue weighted by Gasteiger charge is -2.02. The summed E-state index contributed by atoms with van der Waals surface area (Å²) < 4.78 is 25.1. The van der Waals surface area contributed by atoms with Crippen LogP contribution in [0.3, 0.4) is 0 Å². The van der Waals surface area contributed by atoms with Gasteiger partial charge in [-0.3, -0.25) is 0 Å². The first-order valence-corrected chi connectivity index (χ1v) is 8.45. The first-order valence-electron chi connectivity index (χ1n) is 5.19. The second kappa shape index (κ2) is 4.99. The normalized spacial score (nSPS) is 11.7. The minimum atomic E-state index is -3.30. The number of aromatic nitrogens is 1. The van der Waals surface area contributed by atoms with E-state index in [1.54, 1.807) is 6.92 Å². The quantitative estimate of drug-likeness (QED) is 0.927. The molecule has 1 aromatic heterocycles. The molecule has 0 saturated heterocycles. The van der Waals surface area contributed by atoms with Gasteiger partial charge in [0.25, 0.3) is 0 Å². The van der Waals surface area contributed by atoms with Crippen molar-refractivity contribution < 1.29 is 8.42 Å². The average molecular weight is 347 g/mol. The number of hydrogen-bond donors (Lipinski definition) is 1. The molecule has 2 rings (SSSR count). The highest BCUT2D eigenvalue weighted by molar-refractivity contribution is 9.10. The summed E-state index contributed by atoms with van der Waals surface area (Å²) in [7, 11) is -3.30. The number of nitrogens with zero attached hydrogens (tertiary/aromatic N) is 1. The van der Waals surface area contributed by atoms with Crippen LogP contribution in [0.1, 0.15) is 6.92 Å². The summed E-state index contributed by atoms with van der Waals surface area (Å²) in [6.07, 6.45) is 0. The van der Waals surface area contributed by atoms with E-state index in [0.717, 1.165) is 21.4 Å². The number of hydrogen-bond acceptors (Lipinski definition) is 5. The first-order chi connectivity index (χ1) is 8.44. The van der Waals surface area contributed by atoms with Gasteiger partial charge in [-0.05, 0) is 12.1 Å². The minimum absolute atomic E-state index is 0.0398. The fraction of sp³-hybridized carbons (Fsp3) is 0.182. The number of thiazole rings is 1. The van der Waals surface area contributed by atoms with Crippen LogP contribution in [0.5, 0.6) is 0 Å². The molecule has 0 aliphatic carbocycles. The van der Waals surface area contributed by atoms with Crippen molar-refractivity contribution in [1.29, 1.82) is 0 Å². The molecule has 1 heterocycles. The monoisotopic (exact) mass is 346 g/mol. The maximum Gasteiger partial charge on any atom is 0.189 e. The van der Waals surface area contributed by atoms with Crippen molar-refractivity contribution in [2.45, 2.75) is 11.1 Å². The molecule has 0 aliphatic rings. The summed E-state index contributed by atoms with van der Waals surface area (Å²) in [6, 6.07) is 7.31. The lowest BCUT2D eigenvalue weighted by atomic mass is 10.2. The number of nitrogen functional groups attached to an aromatic ring is 1. The lowest BCUT2D eigenvalue weighted by Crippen LogP contribution is -2.02. The van der Waals surface area contributed by atoms with Gasteiger partial charge in [0.15, 0.2) is 15.0 Å². The summed E-state index contributed by atoms with van der Waals surface area (Å²) in [6.45, 7) is 1.61. The molecule has 18 heavy (non-hydrogen) atoms. The maximum absolute atomic E-state index is 12.0. The predicted molar refractivity (Wildman–Crippen MR) is 77.4 cm³/mol. The van der Waals surface area contributed by atoms with Crippen LogP contribution in [0.4, 0.5) is 5.13 Å². The zero-order valence-electron chi connectivity index (χ0n) is 9.55. The highest BCUT2D eigenvalue weighted by atomic mass is 79.9. The Bertz CT molecular complexity index is 663. The van der Waals surface area contributed by atoms with E-state index in [-0.39, 0.29) is 15.1 Å². The van der Waals surface area contributed by atoms with E-state index < -0.39 is 9.84 Å². The molecule has 0 aliphatic heterocycles. The molecule has 2 aromatic rings. The van der Waals surface area contributed by atoms with Gasteiger partial charge in [0.1, 0.15) is 9.90 Å². The second-order valence-electron chi connectivity index (χ2n) is 3.60. The van der Waals surface area contributed by atoms with Crippen molar-refractivity contribution in [3.05, 3.63) is 28.7 Å². The molecule has 96 valence electrons. The third kappa shape index (κ3) is 2.57. The fourth-order valence-electron chi connectivity index (χ4n) is 1.45. The smallest absolute Gasteiger partial charge is 0.189 e. The number of nitrogens with two attached hydrogens (primary N) is 1. The van der Waals surface area contributed by atoms with Crippen molar-refractivity contribution >= 4 is 42.2 Å². The van der Waals surface area contributed by atoms with E-state index in [9.17, 15) is 8.42 Å². The van der Waals surface area contributed by atoms with Gasteiger partial charge in [0, 0.05) is 10.0 Å². The summed E-state index contributed by atoms with van der Waals surface area (Å²) in [4.78, 5) is 4.13. The SMILES string of the molecule is CCS(=O)(=O)c1sc(N)nc1-c1ccc(Br)cc1. The molecule has 0 saturated carbocycles. The zero-order valence-corrected chi connectivity index (χ0v) is 12.8. The van der Waals surface area contributed by atoms with E-state index >= 15 is 0 Å². The Balaban J connectivity index is 2.62. The minimum Gasteiger partial charge on any atom is -0.375 e. The van der Waals surface area contributed by atoms with Crippen LogP contribution in [-0.4, -0.2) is 19.2 Å². The fourth-order valence-corrected chi connectivity index (χ4v) is 4.14. The zero-order chi connectivity index (χ0) is 13.3. The second-order valence-corrected chi connectivity index (χ2v) is 8.02. The van der Waals surface area contributed by atoms with Crippen LogP contribution < -0.4 is 5.73 Å². The standard InChI is InChI=1S/C11H11BrN2O2S2/c1-2-18(15,16)10-9(14-11(13)17-10)7-3-5-8(12)6-4-7/h3-6H,2H2,1H3,(H2,13,14). The van der Waals surface area contributed by atoms with E-state index in [2.05, 4.69) is 20.9 Å². The van der Waals surface area contributed by atoms with E-state index in [0.29, 0.717) is 5.69 Å². The number of sulfone groups is 1. The van der Waals surface area contributed by atoms with Crippen LogP contribution >= 0.6 is 27.3 Å². The Morgan fingerprint density at radius 1 is 1.33 bits per heavy atom. The number of rotatable bonds is 3. The number of anilines is 1. The molecule has 0 amide bonds. The molecule has 0 radical (unpaired) electrons. The van der Waals surface area contributed by atoms with Crippen LogP contribution in [0, 0.1) is 0 Å². The summed E-state index contributed by atoms with van der Waals surface area (Å²) in [5.74, 6) is 0.0398. The number of benzene rings is 1. The number of halogens is 1. The molecule has 0 atom stereocenters. The van der Waals surface area contributed by atoms with Gasteiger partial charge < -0.3 is 5.73 Å². The van der Waals surface area contributed by atoms with Gasteiger partial charge in [0.2, 0.25) is 0 Å². The molecular formula is C11H11BrN2O2S2. The van der Waals surface area contributed by atoms with Crippen molar-refractivity contribution in [3.8, 4) is 11.3 Å². The van der Waals surface area contributed by atoms with Crippen molar-refractivity contribution in [2.24, 2.45) is 0 Å². The Hall–Kier alpha value is -0.920. The predicted octanol–water partition coefficient (Wildman–Crippen LogP) is 2.95. The molecule has 0 fully saturated rings. The molecule has 0 spiro atoms. The van der Waals surface area contributed by atoms with Crippen molar-refractivity contribution in [2.75, 3.05) is 11.5 Å². The third-order valence-corrected chi connectivity index (χ3v) is 6.13. The van der Waals surface area contributed by atoms with Gasteiger partial charge in [0.05, 0.1) is 5.75 Å². The van der Waals surface area contributed by atoms with Gasteiger partial charge in [-0.2, -0.15) is 0 Å². The van der Waals surface area contributed by atoms with Crippen LogP contribution in [0.15, 0.2) is 32.9 Å².